The van der Waals surface area contributed by atoms with Crippen molar-refractivity contribution in [1.29, 1.82) is 0 Å². The number of amides is 1. The summed E-state index contributed by atoms with van der Waals surface area (Å²) in [5.41, 5.74) is 4.31. The molecule has 30 heavy (non-hydrogen) atoms. The second-order valence-corrected chi connectivity index (χ2v) is 7.90. The van der Waals surface area contributed by atoms with Crippen LogP contribution >= 0.6 is 0 Å². The Balaban J connectivity index is 1.63. The molecule has 0 aliphatic carbocycles. The number of pyridine rings is 1. The number of nitrogens with zero attached hydrogens (tertiary/aromatic N) is 3. The van der Waals surface area contributed by atoms with E-state index in [1.54, 1.807) is 0 Å². The highest BCUT2D eigenvalue weighted by molar-refractivity contribution is 6.07. The largest absolute Gasteiger partial charge is 0.466 e. The standard InChI is InChI=1S/C24H23N3O3/c1-14-12-18(16(3)29-14)20-13-19(22-15(2)26-30-23(22)25-20)24(28)27-11-7-10-21(27)17-8-5-4-6-9-17/h4-6,8-9,12-13,21H,7,10-11H2,1-3H3. The summed E-state index contributed by atoms with van der Waals surface area (Å²) in [5.74, 6) is 1.55. The Hall–Kier alpha value is -3.41. The Labute approximate surface area is 174 Å². The number of rotatable bonds is 3. The lowest BCUT2D eigenvalue weighted by molar-refractivity contribution is 0.0737. The third kappa shape index (κ3) is 3.00. The number of benzene rings is 1. The first-order chi connectivity index (χ1) is 14.5. The van der Waals surface area contributed by atoms with Crippen LogP contribution in [-0.4, -0.2) is 27.5 Å². The molecular weight excluding hydrogens is 378 g/mol. The molecule has 1 unspecified atom stereocenters. The van der Waals surface area contributed by atoms with Gasteiger partial charge in [0.15, 0.2) is 0 Å². The summed E-state index contributed by atoms with van der Waals surface area (Å²) in [4.78, 5) is 20.4. The van der Waals surface area contributed by atoms with Gasteiger partial charge < -0.3 is 13.8 Å². The molecule has 3 aromatic heterocycles. The van der Waals surface area contributed by atoms with E-state index in [9.17, 15) is 4.79 Å². The number of carbonyl (C=O) groups is 1. The van der Waals surface area contributed by atoms with Gasteiger partial charge in [0, 0.05) is 12.1 Å². The zero-order chi connectivity index (χ0) is 20.8. The number of aromatic nitrogens is 2. The Bertz CT molecular complexity index is 1240. The SMILES string of the molecule is Cc1cc(-c2cc(C(=O)N3CCCC3c3ccccc3)c3c(C)noc3n2)c(C)o1. The molecule has 6 heteroatoms. The van der Waals surface area contributed by atoms with Gasteiger partial charge in [0.2, 0.25) is 0 Å². The summed E-state index contributed by atoms with van der Waals surface area (Å²) in [6.45, 7) is 6.36. The van der Waals surface area contributed by atoms with E-state index in [-0.39, 0.29) is 11.9 Å². The van der Waals surface area contributed by atoms with Crippen molar-refractivity contribution in [2.45, 2.75) is 39.7 Å². The molecule has 1 atom stereocenters. The van der Waals surface area contributed by atoms with Gasteiger partial charge in [0.05, 0.1) is 28.4 Å². The van der Waals surface area contributed by atoms with Crippen molar-refractivity contribution < 1.29 is 13.7 Å². The Morgan fingerprint density at radius 3 is 2.67 bits per heavy atom. The average Bonchev–Trinajstić information content (AvgIpc) is 3.46. The summed E-state index contributed by atoms with van der Waals surface area (Å²) in [5, 5.41) is 4.75. The fraction of sp³-hybridized carbons (Fsp3) is 0.292. The third-order valence-electron chi connectivity index (χ3n) is 5.86. The lowest BCUT2D eigenvalue weighted by Gasteiger charge is -2.25. The van der Waals surface area contributed by atoms with Crippen LogP contribution in [0.3, 0.4) is 0 Å². The first-order valence-electron chi connectivity index (χ1n) is 10.2. The number of fused-ring (bicyclic) bond motifs is 1. The minimum atomic E-state index is -0.0147. The van der Waals surface area contributed by atoms with E-state index in [0.717, 1.165) is 42.0 Å². The highest BCUT2D eigenvalue weighted by atomic mass is 16.5. The van der Waals surface area contributed by atoms with Crippen molar-refractivity contribution in [3.05, 3.63) is 70.8 Å². The first kappa shape index (κ1) is 18.6. The molecule has 4 heterocycles. The Kier molecular flexibility index (Phi) is 4.42. The van der Waals surface area contributed by atoms with Crippen molar-refractivity contribution in [2.75, 3.05) is 6.54 Å². The van der Waals surface area contributed by atoms with Crippen molar-refractivity contribution in [3.63, 3.8) is 0 Å². The molecule has 1 aliphatic rings. The highest BCUT2D eigenvalue weighted by Crippen LogP contribution is 2.36. The molecule has 6 nitrogen and oxygen atoms in total. The molecule has 1 fully saturated rings. The molecule has 5 rings (SSSR count). The highest BCUT2D eigenvalue weighted by Gasteiger charge is 2.32. The maximum atomic E-state index is 13.8. The molecular formula is C24H23N3O3. The van der Waals surface area contributed by atoms with Crippen LogP contribution in [0.5, 0.6) is 0 Å². The van der Waals surface area contributed by atoms with Crippen LogP contribution in [0.25, 0.3) is 22.4 Å². The lowest BCUT2D eigenvalue weighted by Crippen LogP contribution is -2.30. The first-order valence-corrected chi connectivity index (χ1v) is 10.2. The molecule has 1 aromatic carbocycles. The van der Waals surface area contributed by atoms with E-state index in [1.807, 2.05) is 56.0 Å². The average molecular weight is 401 g/mol. The predicted octanol–water partition coefficient (Wildman–Crippen LogP) is 5.39. The molecule has 1 saturated heterocycles. The molecule has 152 valence electrons. The van der Waals surface area contributed by atoms with Crippen LogP contribution in [-0.2, 0) is 0 Å². The van der Waals surface area contributed by atoms with Gasteiger partial charge in [-0.25, -0.2) is 4.98 Å². The normalized spacial score (nSPS) is 16.5. The molecule has 0 bridgehead atoms. The van der Waals surface area contributed by atoms with Crippen LogP contribution in [0.15, 0.2) is 51.4 Å². The Morgan fingerprint density at radius 1 is 1.13 bits per heavy atom. The number of carbonyl (C=O) groups excluding carboxylic acids is 1. The summed E-state index contributed by atoms with van der Waals surface area (Å²) < 4.78 is 11.1. The van der Waals surface area contributed by atoms with E-state index >= 15 is 0 Å². The van der Waals surface area contributed by atoms with Crippen molar-refractivity contribution in [2.24, 2.45) is 0 Å². The van der Waals surface area contributed by atoms with Crippen LogP contribution in [0.4, 0.5) is 0 Å². The summed E-state index contributed by atoms with van der Waals surface area (Å²) in [7, 11) is 0. The maximum Gasteiger partial charge on any atom is 0.259 e. The van der Waals surface area contributed by atoms with Crippen LogP contribution < -0.4 is 0 Å². The fourth-order valence-electron chi connectivity index (χ4n) is 4.47. The maximum absolute atomic E-state index is 13.8. The van der Waals surface area contributed by atoms with E-state index in [2.05, 4.69) is 22.3 Å². The second-order valence-electron chi connectivity index (χ2n) is 7.90. The number of likely N-dealkylation sites (tertiary alicyclic amines) is 1. The van der Waals surface area contributed by atoms with Gasteiger partial charge in [-0.05, 0) is 51.3 Å². The fourth-order valence-corrected chi connectivity index (χ4v) is 4.47. The minimum absolute atomic E-state index is 0.0147. The van der Waals surface area contributed by atoms with Gasteiger partial charge in [0.25, 0.3) is 11.6 Å². The number of hydrogen-bond acceptors (Lipinski definition) is 5. The Morgan fingerprint density at radius 2 is 1.93 bits per heavy atom. The number of aryl methyl sites for hydroxylation is 3. The van der Waals surface area contributed by atoms with E-state index < -0.39 is 0 Å². The summed E-state index contributed by atoms with van der Waals surface area (Å²) in [6.07, 6.45) is 1.94. The van der Waals surface area contributed by atoms with Gasteiger partial charge in [-0.3, -0.25) is 4.79 Å². The predicted molar refractivity (Wildman–Crippen MR) is 113 cm³/mol. The monoisotopic (exact) mass is 401 g/mol. The summed E-state index contributed by atoms with van der Waals surface area (Å²) in [6, 6.07) is 14.1. The van der Waals surface area contributed by atoms with Crippen LogP contribution in [0.2, 0.25) is 0 Å². The van der Waals surface area contributed by atoms with Gasteiger partial charge in [-0.15, -0.1) is 0 Å². The van der Waals surface area contributed by atoms with Gasteiger partial charge >= 0.3 is 0 Å². The summed E-state index contributed by atoms with van der Waals surface area (Å²) >= 11 is 0. The molecule has 4 aromatic rings. The molecule has 0 N–H and O–H groups in total. The van der Waals surface area contributed by atoms with Crippen LogP contribution in [0.1, 0.15) is 52.0 Å². The van der Waals surface area contributed by atoms with Gasteiger partial charge in [-0.1, -0.05) is 35.5 Å². The smallest absolute Gasteiger partial charge is 0.259 e. The van der Waals surface area contributed by atoms with Crippen molar-refractivity contribution in [3.8, 4) is 11.3 Å². The van der Waals surface area contributed by atoms with Crippen LogP contribution in [0, 0.1) is 20.8 Å². The van der Waals surface area contributed by atoms with Gasteiger partial charge in [-0.2, -0.15) is 0 Å². The zero-order valence-corrected chi connectivity index (χ0v) is 17.3. The minimum Gasteiger partial charge on any atom is -0.466 e. The number of hydrogen-bond donors (Lipinski definition) is 0. The molecule has 1 aliphatic heterocycles. The van der Waals surface area contributed by atoms with E-state index in [1.165, 1.54) is 0 Å². The van der Waals surface area contributed by atoms with Crippen molar-refractivity contribution >= 4 is 17.0 Å². The van der Waals surface area contributed by atoms with Crippen molar-refractivity contribution in [1.82, 2.24) is 15.0 Å². The molecule has 0 spiro atoms. The topological polar surface area (TPSA) is 72.4 Å². The quantitative estimate of drug-likeness (QED) is 0.460. The van der Waals surface area contributed by atoms with E-state index in [4.69, 9.17) is 8.94 Å². The van der Waals surface area contributed by atoms with Gasteiger partial charge in [0.1, 0.15) is 11.5 Å². The number of furan rings is 1. The zero-order valence-electron chi connectivity index (χ0n) is 17.3. The third-order valence-corrected chi connectivity index (χ3v) is 5.86. The molecule has 0 radical (unpaired) electrons. The molecule has 0 saturated carbocycles. The second kappa shape index (κ2) is 7.13. The van der Waals surface area contributed by atoms with E-state index in [0.29, 0.717) is 28.1 Å². The lowest BCUT2D eigenvalue weighted by atomic mass is 10.0. The molecule has 1 amide bonds.